The molecule has 9 heteroatoms. The molecule has 1 atom stereocenters. The zero-order valence-electron chi connectivity index (χ0n) is 16.9. The highest BCUT2D eigenvalue weighted by Crippen LogP contribution is 2.39. The van der Waals surface area contributed by atoms with Gasteiger partial charge in [0.15, 0.2) is 5.65 Å². The smallest absolute Gasteiger partial charge is 0.325 e. The van der Waals surface area contributed by atoms with E-state index in [0.29, 0.717) is 29.3 Å². The van der Waals surface area contributed by atoms with Crippen molar-refractivity contribution in [1.29, 1.82) is 0 Å². The predicted molar refractivity (Wildman–Crippen MR) is 108 cm³/mol. The third kappa shape index (κ3) is 4.96. The number of carbonyl (C=O) groups is 2. The van der Waals surface area contributed by atoms with E-state index in [9.17, 15) is 9.59 Å². The minimum atomic E-state index is -1.19. The first-order valence-corrected chi connectivity index (χ1v) is 13.3. The molecule has 2 aromatic rings. The molecule has 0 bridgehead atoms. The number of carboxylic acid groups (broad SMARTS) is 1. The molecule has 2 N–H and O–H groups in total. The van der Waals surface area contributed by atoms with Gasteiger partial charge in [-0.25, -0.2) is 9.97 Å². The number of hydrogen-bond donors (Lipinski definition) is 2. The second-order valence-corrected chi connectivity index (χ2v) is 14.3. The summed E-state index contributed by atoms with van der Waals surface area (Å²) < 4.78 is 7.58. The molecule has 3 rings (SSSR count). The number of aromatic nitrogens is 3. The summed E-state index contributed by atoms with van der Waals surface area (Å²) >= 11 is 0. The molecule has 0 spiro atoms. The highest BCUT2D eigenvalue weighted by atomic mass is 28.3. The Morgan fingerprint density at radius 2 is 2.11 bits per heavy atom. The van der Waals surface area contributed by atoms with E-state index in [-0.39, 0.29) is 6.73 Å². The van der Waals surface area contributed by atoms with Crippen LogP contribution in [0.5, 0.6) is 0 Å². The van der Waals surface area contributed by atoms with Crippen LogP contribution in [0.1, 0.15) is 41.7 Å². The molecule has 152 valence electrons. The molecule has 1 fully saturated rings. The number of carbonyl (C=O) groups excluding carboxylic acids is 1. The van der Waals surface area contributed by atoms with E-state index < -0.39 is 26.0 Å². The molecule has 2 heterocycles. The van der Waals surface area contributed by atoms with Crippen LogP contribution in [0, 0.1) is 0 Å². The van der Waals surface area contributed by atoms with E-state index in [1.165, 1.54) is 6.92 Å². The van der Waals surface area contributed by atoms with Gasteiger partial charge in [0.2, 0.25) is 0 Å². The molecule has 1 amide bonds. The van der Waals surface area contributed by atoms with Crippen LogP contribution in [0.4, 0.5) is 0 Å². The van der Waals surface area contributed by atoms with Crippen LogP contribution in [-0.2, 0) is 16.3 Å². The Bertz CT molecular complexity index is 886. The van der Waals surface area contributed by atoms with E-state index in [2.05, 4.69) is 34.9 Å². The number of nitrogens with one attached hydrogen (secondary N) is 1. The van der Waals surface area contributed by atoms with Crippen molar-refractivity contribution in [2.24, 2.45) is 0 Å². The van der Waals surface area contributed by atoms with Crippen molar-refractivity contribution in [1.82, 2.24) is 19.9 Å². The number of rotatable bonds is 9. The summed E-state index contributed by atoms with van der Waals surface area (Å²) in [5, 5.41) is 11.6. The SMILES string of the molecule is CC(NC(=O)c1cn(COCC[Si](C)(C)C)c2ncc(C3CC3)nc12)C(=O)O. The van der Waals surface area contributed by atoms with Gasteiger partial charge in [0.05, 0.1) is 17.5 Å². The van der Waals surface area contributed by atoms with Gasteiger partial charge >= 0.3 is 5.97 Å². The third-order valence-electron chi connectivity index (χ3n) is 4.77. The molecule has 0 aliphatic heterocycles. The van der Waals surface area contributed by atoms with Crippen LogP contribution in [0.15, 0.2) is 12.4 Å². The van der Waals surface area contributed by atoms with Gasteiger partial charge in [0.25, 0.3) is 5.91 Å². The van der Waals surface area contributed by atoms with Crippen LogP contribution in [0.3, 0.4) is 0 Å². The van der Waals surface area contributed by atoms with Crippen molar-refractivity contribution in [3.05, 3.63) is 23.7 Å². The zero-order chi connectivity index (χ0) is 20.5. The minimum Gasteiger partial charge on any atom is -0.480 e. The average molecular weight is 405 g/mol. The Balaban J connectivity index is 1.85. The third-order valence-corrected chi connectivity index (χ3v) is 6.47. The maximum atomic E-state index is 12.7. The van der Waals surface area contributed by atoms with Crippen molar-refractivity contribution in [2.45, 2.75) is 64.1 Å². The van der Waals surface area contributed by atoms with Gasteiger partial charge in [0, 0.05) is 26.8 Å². The van der Waals surface area contributed by atoms with Crippen molar-refractivity contribution in [2.75, 3.05) is 6.61 Å². The average Bonchev–Trinajstić information content (AvgIpc) is 3.39. The molecule has 0 saturated heterocycles. The van der Waals surface area contributed by atoms with E-state index in [1.807, 2.05) is 0 Å². The molecular formula is C19H28N4O4Si. The highest BCUT2D eigenvalue weighted by molar-refractivity contribution is 6.76. The molecule has 0 radical (unpaired) electrons. The highest BCUT2D eigenvalue weighted by Gasteiger charge is 2.28. The first-order valence-electron chi connectivity index (χ1n) is 9.63. The summed E-state index contributed by atoms with van der Waals surface area (Å²) in [6.07, 6.45) is 5.58. The Morgan fingerprint density at radius 1 is 1.39 bits per heavy atom. The lowest BCUT2D eigenvalue weighted by Crippen LogP contribution is -2.38. The van der Waals surface area contributed by atoms with Crippen LogP contribution in [0.2, 0.25) is 25.7 Å². The topological polar surface area (TPSA) is 106 Å². The lowest BCUT2D eigenvalue weighted by atomic mass is 10.2. The van der Waals surface area contributed by atoms with Gasteiger partial charge in [-0.3, -0.25) is 9.59 Å². The van der Waals surface area contributed by atoms with E-state index in [1.54, 1.807) is 17.0 Å². The molecule has 1 unspecified atom stereocenters. The second kappa shape index (κ2) is 8.00. The van der Waals surface area contributed by atoms with Gasteiger partial charge < -0.3 is 19.7 Å². The molecule has 1 aliphatic rings. The minimum absolute atomic E-state index is 0.278. The largest absolute Gasteiger partial charge is 0.480 e. The Hall–Kier alpha value is -2.26. The molecule has 28 heavy (non-hydrogen) atoms. The second-order valence-electron chi connectivity index (χ2n) is 8.64. The Morgan fingerprint density at radius 3 is 2.71 bits per heavy atom. The van der Waals surface area contributed by atoms with Crippen LogP contribution in [0.25, 0.3) is 11.2 Å². The van der Waals surface area contributed by atoms with Crippen LogP contribution in [-0.4, -0.2) is 52.2 Å². The maximum absolute atomic E-state index is 12.7. The lowest BCUT2D eigenvalue weighted by Gasteiger charge is -2.15. The van der Waals surface area contributed by atoms with Gasteiger partial charge in [-0.05, 0) is 25.8 Å². The number of fused-ring (bicyclic) bond motifs is 1. The lowest BCUT2D eigenvalue weighted by molar-refractivity contribution is -0.138. The Labute approximate surface area is 165 Å². The summed E-state index contributed by atoms with van der Waals surface area (Å²) in [4.78, 5) is 32.9. The maximum Gasteiger partial charge on any atom is 0.325 e. The van der Waals surface area contributed by atoms with Gasteiger partial charge in [-0.2, -0.15) is 0 Å². The number of carboxylic acids is 1. The van der Waals surface area contributed by atoms with Crippen molar-refractivity contribution in [3.63, 3.8) is 0 Å². The van der Waals surface area contributed by atoms with E-state index in [4.69, 9.17) is 9.84 Å². The van der Waals surface area contributed by atoms with Gasteiger partial charge in [-0.1, -0.05) is 19.6 Å². The van der Waals surface area contributed by atoms with Gasteiger partial charge in [-0.15, -0.1) is 0 Å². The Kier molecular flexibility index (Phi) is 5.85. The molecule has 0 aromatic carbocycles. The fraction of sp³-hybridized carbons (Fsp3) is 0.579. The number of ether oxygens (including phenoxy) is 1. The fourth-order valence-electron chi connectivity index (χ4n) is 2.78. The summed E-state index contributed by atoms with van der Waals surface area (Å²) in [6.45, 7) is 9.23. The number of hydrogen-bond acceptors (Lipinski definition) is 5. The van der Waals surface area contributed by atoms with Crippen LogP contribution >= 0.6 is 0 Å². The van der Waals surface area contributed by atoms with Crippen molar-refractivity contribution >= 4 is 31.1 Å². The van der Waals surface area contributed by atoms with Crippen molar-refractivity contribution in [3.8, 4) is 0 Å². The van der Waals surface area contributed by atoms with Crippen molar-refractivity contribution < 1.29 is 19.4 Å². The predicted octanol–water partition coefficient (Wildman–Crippen LogP) is 2.82. The summed E-state index contributed by atoms with van der Waals surface area (Å²) in [5.74, 6) is -1.15. The normalized spacial score (nSPS) is 15.6. The molecule has 1 aliphatic carbocycles. The standard InChI is InChI=1S/C19H28N4O4Si/c1-12(19(25)26)21-18(24)14-10-23(11-27-7-8-28(2,3)4)17-16(14)22-15(9-20-17)13-5-6-13/h9-10,12-13H,5-8,11H2,1-4H3,(H,21,24)(H,25,26). The summed E-state index contributed by atoms with van der Waals surface area (Å²) in [6, 6.07) is 0.0613. The molecule has 1 saturated carbocycles. The van der Waals surface area contributed by atoms with E-state index >= 15 is 0 Å². The molecule has 2 aromatic heterocycles. The monoisotopic (exact) mass is 404 g/mol. The zero-order valence-corrected chi connectivity index (χ0v) is 17.9. The first kappa shape index (κ1) is 20.5. The van der Waals surface area contributed by atoms with E-state index in [0.717, 1.165) is 24.6 Å². The fourth-order valence-corrected chi connectivity index (χ4v) is 3.54. The molecule has 8 nitrogen and oxygen atoms in total. The number of nitrogens with zero attached hydrogens (tertiary/aromatic N) is 3. The van der Waals surface area contributed by atoms with Crippen LogP contribution < -0.4 is 5.32 Å². The summed E-state index contributed by atoms with van der Waals surface area (Å²) in [7, 11) is -1.19. The number of amides is 1. The number of aliphatic carboxylic acids is 1. The quantitative estimate of drug-likeness (QED) is 0.492. The first-order chi connectivity index (χ1) is 13.2. The van der Waals surface area contributed by atoms with Gasteiger partial charge in [0.1, 0.15) is 18.3 Å². The summed E-state index contributed by atoms with van der Waals surface area (Å²) in [5.41, 5.74) is 2.27. The molecular weight excluding hydrogens is 376 g/mol.